The zero-order valence-corrected chi connectivity index (χ0v) is 7.73. The Kier molecular flexibility index (Phi) is 2.13. The highest BCUT2D eigenvalue weighted by Crippen LogP contribution is 2.16. The van der Waals surface area contributed by atoms with E-state index in [2.05, 4.69) is 9.97 Å². The molecule has 1 N–H and O–H groups in total. The lowest BCUT2D eigenvalue weighted by Crippen LogP contribution is -2.22. The van der Waals surface area contributed by atoms with Crippen LogP contribution in [-0.4, -0.2) is 18.9 Å². The summed E-state index contributed by atoms with van der Waals surface area (Å²) in [4.78, 5) is 6.76. The number of hydrogen-bond acceptors (Lipinski definition) is 2. The maximum atomic E-state index is 11.5. The van der Waals surface area contributed by atoms with Gasteiger partial charge in [-0.1, -0.05) is 0 Å². The van der Waals surface area contributed by atoms with E-state index < -0.39 is 10.8 Å². The fourth-order valence-electron chi connectivity index (χ4n) is 0.642. The van der Waals surface area contributed by atoms with Crippen molar-refractivity contribution in [1.82, 2.24) is 9.97 Å². The van der Waals surface area contributed by atoms with Gasteiger partial charge < -0.3 is 4.98 Å². The molecule has 3 nitrogen and oxygen atoms in total. The number of rotatable bonds is 1. The highest BCUT2D eigenvalue weighted by Gasteiger charge is 2.22. The molecule has 1 aromatic heterocycles. The predicted octanol–water partition coefficient (Wildman–Crippen LogP) is 1.32. The zero-order valence-electron chi connectivity index (χ0n) is 6.92. The first-order chi connectivity index (χ1) is 5.02. The normalized spacial score (nSPS) is 14.8. The van der Waals surface area contributed by atoms with Crippen LogP contribution in [0.25, 0.3) is 0 Å². The molecular formula is C7H12N2OS. The van der Waals surface area contributed by atoms with E-state index in [0.717, 1.165) is 0 Å². The van der Waals surface area contributed by atoms with Crippen molar-refractivity contribution in [3.05, 3.63) is 12.4 Å². The van der Waals surface area contributed by atoms with Crippen molar-refractivity contribution in [2.45, 2.75) is 30.7 Å². The molecule has 0 aromatic carbocycles. The minimum absolute atomic E-state index is 0.238. The molecule has 0 bridgehead atoms. The van der Waals surface area contributed by atoms with Crippen LogP contribution in [0.4, 0.5) is 0 Å². The number of H-pyrrole nitrogens is 1. The van der Waals surface area contributed by atoms with E-state index in [0.29, 0.717) is 5.16 Å². The quantitative estimate of drug-likeness (QED) is 0.694. The van der Waals surface area contributed by atoms with E-state index >= 15 is 0 Å². The smallest absolute Gasteiger partial charge is 0.196 e. The molecule has 0 aliphatic heterocycles. The van der Waals surface area contributed by atoms with Crippen LogP contribution < -0.4 is 0 Å². The summed E-state index contributed by atoms with van der Waals surface area (Å²) < 4.78 is 11.3. The van der Waals surface area contributed by atoms with Gasteiger partial charge in [-0.25, -0.2) is 4.98 Å². The fourth-order valence-corrected chi connectivity index (χ4v) is 1.55. The summed E-state index contributed by atoms with van der Waals surface area (Å²) >= 11 is 0. The van der Waals surface area contributed by atoms with Gasteiger partial charge in [0.1, 0.15) is 0 Å². The Balaban J connectivity index is 2.88. The second-order valence-electron chi connectivity index (χ2n) is 3.28. The number of hydrogen-bond donors (Lipinski definition) is 1. The minimum Gasteiger partial charge on any atom is -0.338 e. The molecule has 11 heavy (non-hydrogen) atoms. The topological polar surface area (TPSA) is 45.8 Å². The highest BCUT2D eigenvalue weighted by atomic mass is 32.2. The molecule has 1 heterocycles. The first kappa shape index (κ1) is 8.46. The van der Waals surface area contributed by atoms with E-state index in [1.165, 1.54) is 0 Å². The molecule has 0 amide bonds. The van der Waals surface area contributed by atoms with Crippen LogP contribution in [0.3, 0.4) is 0 Å². The van der Waals surface area contributed by atoms with Gasteiger partial charge in [-0.2, -0.15) is 0 Å². The Morgan fingerprint density at radius 2 is 2.18 bits per heavy atom. The first-order valence-corrected chi connectivity index (χ1v) is 4.58. The Bertz CT molecular complexity index is 248. The summed E-state index contributed by atoms with van der Waals surface area (Å²) in [5.74, 6) is 0. The summed E-state index contributed by atoms with van der Waals surface area (Å²) in [6.07, 6.45) is 3.29. The van der Waals surface area contributed by atoms with E-state index in [-0.39, 0.29) is 4.75 Å². The van der Waals surface area contributed by atoms with Crippen LogP contribution in [0.2, 0.25) is 0 Å². The maximum absolute atomic E-state index is 11.5. The van der Waals surface area contributed by atoms with Crippen LogP contribution in [0.5, 0.6) is 0 Å². The van der Waals surface area contributed by atoms with Crippen LogP contribution >= 0.6 is 0 Å². The van der Waals surface area contributed by atoms with E-state index in [1.54, 1.807) is 12.4 Å². The van der Waals surface area contributed by atoms with Crippen molar-refractivity contribution < 1.29 is 4.21 Å². The van der Waals surface area contributed by atoms with E-state index in [1.807, 2.05) is 20.8 Å². The molecule has 0 spiro atoms. The van der Waals surface area contributed by atoms with Crippen LogP contribution in [-0.2, 0) is 10.8 Å². The molecule has 1 aromatic rings. The predicted molar refractivity (Wildman–Crippen MR) is 44.7 cm³/mol. The molecule has 0 saturated heterocycles. The maximum Gasteiger partial charge on any atom is 0.196 e. The van der Waals surface area contributed by atoms with Crippen molar-refractivity contribution >= 4 is 10.8 Å². The Hall–Kier alpha value is -0.640. The van der Waals surface area contributed by atoms with Gasteiger partial charge in [0.2, 0.25) is 0 Å². The minimum atomic E-state index is -1.04. The monoisotopic (exact) mass is 172 g/mol. The lowest BCUT2D eigenvalue weighted by atomic mass is 10.3. The Labute approximate surface area is 68.7 Å². The van der Waals surface area contributed by atoms with Gasteiger partial charge in [0.25, 0.3) is 0 Å². The third kappa shape index (κ3) is 1.89. The molecule has 1 atom stereocenters. The summed E-state index contributed by atoms with van der Waals surface area (Å²) in [6, 6.07) is 0. The van der Waals surface area contributed by atoms with Crippen molar-refractivity contribution in [2.75, 3.05) is 0 Å². The molecule has 62 valence electrons. The van der Waals surface area contributed by atoms with Gasteiger partial charge >= 0.3 is 0 Å². The molecule has 4 heteroatoms. The number of aromatic amines is 1. The van der Waals surface area contributed by atoms with Gasteiger partial charge in [-0.15, -0.1) is 0 Å². The third-order valence-electron chi connectivity index (χ3n) is 1.20. The molecule has 0 radical (unpaired) electrons. The largest absolute Gasteiger partial charge is 0.338 e. The highest BCUT2D eigenvalue weighted by molar-refractivity contribution is 7.86. The van der Waals surface area contributed by atoms with Gasteiger partial charge in [0.15, 0.2) is 5.16 Å². The van der Waals surface area contributed by atoms with E-state index in [4.69, 9.17) is 0 Å². The van der Waals surface area contributed by atoms with Crippen molar-refractivity contribution in [3.63, 3.8) is 0 Å². The molecular weight excluding hydrogens is 160 g/mol. The molecule has 0 aliphatic carbocycles. The number of imidazole rings is 1. The standard InChI is InChI=1S/C7H12N2OS/c1-7(2,3)11(10)6-8-4-5-9-6/h4-5H,1-3H3,(H,8,9). The SMILES string of the molecule is CC(C)(C)S(=O)c1ncc[nH]1. The van der Waals surface area contributed by atoms with Gasteiger partial charge in [-0.3, -0.25) is 4.21 Å². The second kappa shape index (κ2) is 2.77. The Morgan fingerprint density at radius 3 is 2.55 bits per heavy atom. The molecule has 0 fully saturated rings. The molecule has 0 saturated carbocycles. The van der Waals surface area contributed by atoms with Gasteiger partial charge in [0.05, 0.1) is 10.8 Å². The molecule has 0 aliphatic rings. The van der Waals surface area contributed by atoms with Crippen molar-refractivity contribution in [3.8, 4) is 0 Å². The summed E-state index contributed by atoms with van der Waals surface area (Å²) in [5.41, 5.74) is 0. The summed E-state index contributed by atoms with van der Waals surface area (Å²) in [7, 11) is -1.04. The van der Waals surface area contributed by atoms with Gasteiger partial charge in [-0.05, 0) is 20.8 Å². The van der Waals surface area contributed by atoms with Crippen LogP contribution in [0, 0.1) is 0 Å². The molecule has 1 unspecified atom stereocenters. The number of nitrogens with zero attached hydrogens (tertiary/aromatic N) is 1. The third-order valence-corrected chi connectivity index (χ3v) is 2.89. The van der Waals surface area contributed by atoms with Crippen LogP contribution in [0.1, 0.15) is 20.8 Å². The van der Waals surface area contributed by atoms with Crippen LogP contribution in [0.15, 0.2) is 17.6 Å². The zero-order chi connectivity index (χ0) is 8.48. The summed E-state index contributed by atoms with van der Waals surface area (Å²) in [6.45, 7) is 5.77. The average molecular weight is 172 g/mol. The lowest BCUT2D eigenvalue weighted by molar-refractivity contribution is 0.642. The number of aromatic nitrogens is 2. The average Bonchev–Trinajstić information content (AvgIpc) is 2.34. The summed E-state index contributed by atoms with van der Waals surface area (Å²) in [5, 5.41) is 0.553. The lowest BCUT2D eigenvalue weighted by Gasteiger charge is -2.14. The van der Waals surface area contributed by atoms with Crippen molar-refractivity contribution in [2.24, 2.45) is 0 Å². The Morgan fingerprint density at radius 1 is 1.55 bits per heavy atom. The molecule has 1 rings (SSSR count). The van der Waals surface area contributed by atoms with Crippen molar-refractivity contribution in [1.29, 1.82) is 0 Å². The fraction of sp³-hybridized carbons (Fsp3) is 0.571. The van der Waals surface area contributed by atoms with E-state index in [9.17, 15) is 4.21 Å². The number of nitrogens with one attached hydrogen (secondary N) is 1. The van der Waals surface area contributed by atoms with Gasteiger partial charge in [0, 0.05) is 17.1 Å². The first-order valence-electron chi connectivity index (χ1n) is 3.43. The second-order valence-corrected chi connectivity index (χ2v) is 5.42.